The fourth-order valence-corrected chi connectivity index (χ4v) is 3.36. The Morgan fingerprint density at radius 2 is 2.14 bits per heavy atom. The molecule has 0 heterocycles. The van der Waals surface area contributed by atoms with Crippen molar-refractivity contribution in [3.63, 3.8) is 0 Å². The molecule has 0 aromatic rings. The lowest BCUT2D eigenvalue weighted by molar-refractivity contribution is 0.541. The Balaban J connectivity index is 1.83. The van der Waals surface area contributed by atoms with Crippen LogP contribution in [0.15, 0.2) is 0 Å². The lowest BCUT2D eigenvalue weighted by Crippen LogP contribution is -2.41. The maximum atomic E-state index is 11.5. The first-order valence-electron chi connectivity index (χ1n) is 5.25. The van der Waals surface area contributed by atoms with Crippen LogP contribution in [0.5, 0.6) is 0 Å². The number of nitrogens with two attached hydrogens (primary N) is 1. The molecule has 2 aliphatic carbocycles. The van der Waals surface area contributed by atoms with Crippen LogP contribution in [0.3, 0.4) is 0 Å². The fraction of sp³-hybridized carbons (Fsp3) is 1.00. The first-order valence-corrected chi connectivity index (χ1v) is 6.80. The zero-order chi connectivity index (χ0) is 10.4. The van der Waals surface area contributed by atoms with Crippen molar-refractivity contribution in [1.29, 1.82) is 0 Å². The predicted octanol–water partition coefficient (Wildman–Crippen LogP) is 0.196. The van der Waals surface area contributed by atoms with Crippen LogP contribution in [-0.4, -0.2) is 25.8 Å². The van der Waals surface area contributed by atoms with Gasteiger partial charge in [-0.1, -0.05) is 13.3 Å². The minimum absolute atomic E-state index is 0.134. The van der Waals surface area contributed by atoms with Crippen LogP contribution >= 0.6 is 0 Å². The Labute approximate surface area is 85.3 Å². The van der Waals surface area contributed by atoms with E-state index >= 15 is 0 Å². The second kappa shape index (κ2) is 3.18. The van der Waals surface area contributed by atoms with Crippen molar-refractivity contribution < 1.29 is 8.42 Å². The van der Waals surface area contributed by atoms with Gasteiger partial charge in [0.15, 0.2) is 0 Å². The molecule has 82 valence electrons. The molecule has 2 aliphatic rings. The van der Waals surface area contributed by atoms with Crippen LogP contribution in [0.25, 0.3) is 0 Å². The van der Waals surface area contributed by atoms with Crippen LogP contribution in [-0.2, 0) is 10.0 Å². The SMILES string of the molecule is CCC1CC1(N)CNS(=O)(=O)C1CC1. The Kier molecular flexibility index (Phi) is 2.36. The van der Waals surface area contributed by atoms with Crippen molar-refractivity contribution in [2.75, 3.05) is 6.54 Å². The minimum Gasteiger partial charge on any atom is -0.324 e. The summed E-state index contributed by atoms with van der Waals surface area (Å²) < 4.78 is 25.6. The van der Waals surface area contributed by atoms with Crippen LogP contribution < -0.4 is 10.5 Å². The Bertz CT molecular complexity index is 324. The van der Waals surface area contributed by atoms with Gasteiger partial charge in [0.05, 0.1) is 5.25 Å². The molecule has 14 heavy (non-hydrogen) atoms. The molecule has 0 saturated heterocycles. The molecule has 0 aromatic heterocycles. The van der Waals surface area contributed by atoms with Crippen LogP contribution in [0.4, 0.5) is 0 Å². The van der Waals surface area contributed by atoms with Crippen molar-refractivity contribution in [3.05, 3.63) is 0 Å². The van der Waals surface area contributed by atoms with E-state index in [0.29, 0.717) is 12.5 Å². The van der Waals surface area contributed by atoms with E-state index in [0.717, 1.165) is 25.7 Å². The van der Waals surface area contributed by atoms with Gasteiger partial charge in [0.1, 0.15) is 0 Å². The second-order valence-electron chi connectivity index (χ2n) is 4.61. The molecule has 0 aromatic carbocycles. The van der Waals surface area contributed by atoms with Gasteiger partial charge in [0.25, 0.3) is 0 Å². The van der Waals surface area contributed by atoms with E-state index < -0.39 is 10.0 Å². The smallest absolute Gasteiger partial charge is 0.214 e. The first-order chi connectivity index (χ1) is 6.48. The van der Waals surface area contributed by atoms with Gasteiger partial charge in [0, 0.05) is 12.1 Å². The Morgan fingerprint density at radius 3 is 2.57 bits per heavy atom. The molecule has 3 N–H and O–H groups in total. The number of hydrogen-bond acceptors (Lipinski definition) is 3. The number of rotatable bonds is 5. The summed E-state index contributed by atoms with van der Waals surface area (Å²) in [5.41, 5.74) is 5.75. The fourth-order valence-electron chi connectivity index (χ4n) is 1.90. The van der Waals surface area contributed by atoms with Crippen molar-refractivity contribution in [2.45, 2.75) is 43.4 Å². The molecule has 4 nitrogen and oxygen atoms in total. The average Bonchev–Trinajstić information content (AvgIpc) is 2.96. The van der Waals surface area contributed by atoms with E-state index in [-0.39, 0.29) is 10.8 Å². The zero-order valence-electron chi connectivity index (χ0n) is 8.49. The summed E-state index contributed by atoms with van der Waals surface area (Å²) in [6.45, 7) is 2.51. The predicted molar refractivity (Wildman–Crippen MR) is 55.3 cm³/mol. The molecule has 2 saturated carbocycles. The molecule has 0 spiro atoms. The van der Waals surface area contributed by atoms with Crippen molar-refractivity contribution in [2.24, 2.45) is 11.7 Å². The molecular formula is C9H18N2O2S. The molecule has 2 rings (SSSR count). The van der Waals surface area contributed by atoms with E-state index in [9.17, 15) is 8.42 Å². The second-order valence-corrected chi connectivity index (χ2v) is 6.65. The number of nitrogens with one attached hydrogen (secondary N) is 1. The van der Waals surface area contributed by atoms with Crippen molar-refractivity contribution >= 4 is 10.0 Å². The highest BCUT2D eigenvalue weighted by molar-refractivity contribution is 7.90. The summed E-state index contributed by atoms with van der Waals surface area (Å²) >= 11 is 0. The average molecular weight is 218 g/mol. The van der Waals surface area contributed by atoms with Crippen molar-refractivity contribution in [1.82, 2.24) is 4.72 Å². The highest BCUT2D eigenvalue weighted by atomic mass is 32.2. The van der Waals surface area contributed by atoms with Gasteiger partial charge in [-0.25, -0.2) is 13.1 Å². The van der Waals surface area contributed by atoms with E-state index in [1.165, 1.54) is 0 Å². The molecule has 5 heteroatoms. The minimum atomic E-state index is -3.04. The largest absolute Gasteiger partial charge is 0.324 e. The maximum Gasteiger partial charge on any atom is 0.214 e. The highest BCUT2D eigenvalue weighted by Crippen LogP contribution is 2.43. The lowest BCUT2D eigenvalue weighted by atomic mass is 10.2. The van der Waals surface area contributed by atoms with E-state index in [1.54, 1.807) is 0 Å². The molecule has 0 amide bonds. The summed E-state index contributed by atoms with van der Waals surface area (Å²) in [6, 6.07) is 0. The summed E-state index contributed by atoms with van der Waals surface area (Å²) in [7, 11) is -3.04. The summed E-state index contributed by atoms with van der Waals surface area (Å²) in [5.74, 6) is 0.504. The molecular weight excluding hydrogens is 200 g/mol. The topological polar surface area (TPSA) is 72.2 Å². The normalized spacial score (nSPS) is 37.1. The maximum absolute atomic E-state index is 11.5. The lowest BCUT2D eigenvalue weighted by Gasteiger charge is -2.12. The van der Waals surface area contributed by atoms with Gasteiger partial charge < -0.3 is 5.73 Å². The van der Waals surface area contributed by atoms with E-state index in [1.807, 2.05) is 0 Å². The third-order valence-corrected chi connectivity index (χ3v) is 5.23. The molecule has 0 radical (unpaired) electrons. The monoisotopic (exact) mass is 218 g/mol. The molecule has 2 atom stereocenters. The van der Waals surface area contributed by atoms with Gasteiger partial charge in [-0.05, 0) is 25.2 Å². The van der Waals surface area contributed by atoms with E-state index in [4.69, 9.17) is 5.73 Å². The first kappa shape index (κ1) is 10.4. The van der Waals surface area contributed by atoms with Gasteiger partial charge in [-0.3, -0.25) is 0 Å². The number of sulfonamides is 1. The van der Waals surface area contributed by atoms with Crippen LogP contribution in [0.2, 0.25) is 0 Å². The van der Waals surface area contributed by atoms with Crippen molar-refractivity contribution in [3.8, 4) is 0 Å². The Morgan fingerprint density at radius 1 is 1.50 bits per heavy atom. The van der Waals surface area contributed by atoms with Gasteiger partial charge >= 0.3 is 0 Å². The summed E-state index contributed by atoms with van der Waals surface area (Å²) in [6.07, 6.45) is 3.62. The molecule has 0 bridgehead atoms. The number of hydrogen-bond donors (Lipinski definition) is 2. The highest BCUT2D eigenvalue weighted by Gasteiger charge is 2.50. The van der Waals surface area contributed by atoms with Gasteiger partial charge in [0.2, 0.25) is 10.0 Å². The zero-order valence-corrected chi connectivity index (χ0v) is 9.31. The van der Waals surface area contributed by atoms with Gasteiger partial charge in [-0.2, -0.15) is 0 Å². The van der Waals surface area contributed by atoms with Crippen LogP contribution in [0.1, 0.15) is 32.6 Å². The van der Waals surface area contributed by atoms with Gasteiger partial charge in [-0.15, -0.1) is 0 Å². The molecule has 2 fully saturated rings. The quantitative estimate of drug-likeness (QED) is 0.692. The van der Waals surface area contributed by atoms with Crippen LogP contribution in [0, 0.1) is 5.92 Å². The summed E-state index contributed by atoms with van der Waals surface area (Å²) in [5, 5.41) is -0.134. The molecule has 2 unspecified atom stereocenters. The van der Waals surface area contributed by atoms with E-state index in [2.05, 4.69) is 11.6 Å². The third kappa shape index (κ3) is 1.94. The third-order valence-electron chi connectivity index (χ3n) is 3.34. The Hall–Kier alpha value is -0.130. The molecule has 0 aliphatic heterocycles. The standard InChI is InChI=1S/C9H18N2O2S/c1-2-7-5-9(7,10)6-11-14(12,13)8-3-4-8/h7-8,11H,2-6,10H2,1H3. The summed E-state index contributed by atoms with van der Waals surface area (Å²) in [4.78, 5) is 0.